The molecule has 0 aromatic heterocycles. The SMILES string of the molecule is CCC1(C)CNC2(CCCC2)CN1CCF. The highest BCUT2D eigenvalue weighted by Gasteiger charge is 2.44. The van der Waals surface area contributed by atoms with E-state index >= 15 is 0 Å². The molecule has 1 unspecified atom stereocenters. The van der Waals surface area contributed by atoms with E-state index in [4.69, 9.17) is 0 Å². The highest BCUT2D eigenvalue weighted by molar-refractivity contribution is 5.05. The average molecular weight is 228 g/mol. The summed E-state index contributed by atoms with van der Waals surface area (Å²) in [6.07, 6.45) is 6.31. The quantitative estimate of drug-likeness (QED) is 0.797. The van der Waals surface area contributed by atoms with Crippen molar-refractivity contribution in [2.75, 3.05) is 26.3 Å². The molecule has 3 heteroatoms. The smallest absolute Gasteiger partial charge is 0.102 e. The van der Waals surface area contributed by atoms with E-state index in [2.05, 4.69) is 24.1 Å². The fraction of sp³-hybridized carbons (Fsp3) is 1.00. The predicted molar refractivity (Wildman–Crippen MR) is 65.4 cm³/mol. The minimum atomic E-state index is -0.217. The highest BCUT2D eigenvalue weighted by Crippen LogP contribution is 2.36. The molecule has 1 heterocycles. The van der Waals surface area contributed by atoms with Gasteiger partial charge in [-0.1, -0.05) is 19.8 Å². The van der Waals surface area contributed by atoms with Crippen LogP contribution in [0.5, 0.6) is 0 Å². The van der Waals surface area contributed by atoms with Crippen molar-refractivity contribution < 1.29 is 4.39 Å². The molecule has 1 N–H and O–H groups in total. The second-order valence-electron chi connectivity index (χ2n) is 5.80. The second kappa shape index (κ2) is 4.61. The Hall–Kier alpha value is -0.150. The number of hydrogen-bond acceptors (Lipinski definition) is 2. The summed E-state index contributed by atoms with van der Waals surface area (Å²) >= 11 is 0. The predicted octanol–water partition coefficient (Wildman–Crippen LogP) is 2.34. The second-order valence-corrected chi connectivity index (χ2v) is 5.80. The summed E-state index contributed by atoms with van der Waals surface area (Å²) in [5.41, 5.74) is 0.462. The summed E-state index contributed by atoms with van der Waals surface area (Å²) in [7, 11) is 0. The van der Waals surface area contributed by atoms with Gasteiger partial charge in [-0.3, -0.25) is 4.90 Å². The van der Waals surface area contributed by atoms with E-state index in [1.54, 1.807) is 0 Å². The van der Waals surface area contributed by atoms with Gasteiger partial charge in [-0.05, 0) is 26.2 Å². The van der Waals surface area contributed by atoms with Crippen molar-refractivity contribution in [3.63, 3.8) is 0 Å². The summed E-state index contributed by atoms with van der Waals surface area (Å²) in [5.74, 6) is 0. The number of halogens is 1. The molecule has 2 aliphatic rings. The fourth-order valence-corrected chi connectivity index (χ4v) is 3.29. The largest absolute Gasteiger partial charge is 0.308 e. The fourth-order valence-electron chi connectivity index (χ4n) is 3.29. The Bertz CT molecular complexity index is 238. The molecule has 2 nitrogen and oxygen atoms in total. The Kier molecular flexibility index (Phi) is 3.55. The molecule has 0 amide bonds. The third-order valence-corrected chi connectivity index (χ3v) is 4.78. The Balaban J connectivity index is 2.08. The first-order valence-electron chi connectivity index (χ1n) is 6.70. The molecule has 94 valence electrons. The van der Waals surface area contributed by atoms with Crippen LogP contribution >= 0.6 is 0 Å². The normalized spacial score (nSPS) is 34.7. The third kappa shape index (κ3) is 2.12. The zero-order valence-electron chi connectivity index (χ0n) is 10.7. The van der Waals surface area contributed by atoms with Crippen molar-refractivity contribution in [2.24, 2.45) is 0 Å². The summed E-state index contributed by atoms with van der Waals surface area (Å²) in [6.45, 7) is 6.92. The van der Waals surface area contributed by atoms with E-state index < -0.39 is 0 Å². The summed E-state index contributed by atoms with van der Waals surface area (Å²) in [6, 6.07) is 0. The molecule has 1 aliphatic carbocycles. The first-order valence-corrected chi connectivity index (χ1v) is 6.70. The maximum Gasteiger partial charge on any atom is 0.102 e. The lowest BCUT2D eigenvalue weighted by atomic mass is 9.85. The molecule has 1 saturated heterocycles. The molecular weight excluding hydrogens is 203 g/mol. The van der Waals surface area contributed by atoms with Crippen molar-refractivity contribution in [1.82, 2.24) is 10.2 Å². The van der Waals surface area contributed by atoms with Crippen LogP contribution < -0.4 is 5.32 Å². The lowest BCUT2D eigenvalue weighted by Crippen LogP contribution is -2.68. The van der Waals surface area contributed by atoms with Crippen molar-refractivity contribution in [3.05, 3.63) is 0 Å². The van der Waals surface area contributed by atoms with Crippen LogP contribution in [0.25, 0.3) is 0 Å². The molecule has 0 aromatic carbocycles. The van der Waals surface area contributed by atoms with Gasteiger partial charge in [0.2, 0.25) is 0 Å². The first kappa shape index (κ1) is 12.3. The summed E-state index contributed by atoms with van der Waals surface area (Å²) in [4.78, 5) is 2.38. The van der Waals surface area contributed by atoms with Crippen molar-refractivity contribution >= 4 is 0 Å². The van der Waals surface area contributed by atoms with E-state index in [0.29, 0.717) is 12.1 Å². The van der Waals surface area contributed by atoms with Gasteiger partial charge in [0.15, 0.2) is 0 Å². The highest BCUT2D eigenvalue weighted by atomic mass is 19.1. The number of rotatable bonds is 3. The van der Waals surface area contributed by atoms with Gasteiger partial charge in [-0.2, -0.15) is 0 Å². The van der Waals surface area contributed by atoms with Gasteiger partial charge in [0.25, 0.3) is 0 Å². The zero-order chi connectivity index (χ0) is 11.6. The molecule has 1 spiro atoms. The molecule has 1 saturated carbocycles. The number of nitrogens with one attached hydrogen (secondary N) is 1. The number of hydrogen-bond donors (Lipinski definition) is 1. The number of alkyl halides is 1. The summed E-state index contributed by atoms with van der Waals surface area (Å²) in [5, 5.41) is 3.76. The van der Waals surface area contributed by atoms with E-state index in [9.17, 15) is 4.39 Å². The summed E-state index contributed by atoms with van der Waals surface area (Å²) < 4.78 is 12.7. The maximum atomic E-state index is 12.7. The van der Waals surface area contributed by atoms with Gasteiger partial charge in [0.1, 0.15) is 6.67 Å². The van der Waals surface area contributed by atoms with E-state index in [0.717, 1.165) is 19.5 Å². The molecule has 2 rings (SSSR count). The molecule has 1 aliphatic heterocycles. The average Bonchev–Trinajstić information content (AvgIpc) is 2.73. The topological polar surface area (TPSA) is 15.3 Å². The molecule has 1 atom stereocenters. The zero-order valence-corrected chi connectivity index (χ0v) is 10.7. The van der Waals surface area contributed by atoms with E-state index in [1.807, 2.05) is 0 Å². The van der Waals surface area contributed by atoms with Gasteiger partial charge in [0, 0.05) is 30.7 Å². The van der Waals surface area contributed by atoms with Crippen LogP contribution in [-0.2, 0) is 0 Å². The van der Waals surface area contributed by atoms with Gasteiger partial charge >= 0.3 is 0 Å². The Morgan fingerprint density at radius 3 is 2.56 bits per heavy atom. The van der Waals surface area contributed by atoms with E-state index in [1.165, 1.54) is 25.7 Å². The molecule has 2 fully saturated rings. The molecule has 0 bridgehead atoms. The monoisotopic (exact) mass is 228 g/mol. The van der Waals surface area contributed by atoms with Crippen LogP contribution in [0.4, 0.5) is 4.39 Å². The minimum Gasteiger partial charge on any atom is -0.308 e. The van der Waals surface area contributed by atoms with Crippen LogP contribution in [-0.4, -0.2) is 42.3 Å². The van der Waals surface area contributed by atoms with Gasteiger partial charge in [-0.15, -0.1) is 0 Å². The maximum absolute atomic E-state index is 12.7. The van der Waals surface area contributed by atoms with Crippen molar-refractivity contribution in [3.8, 4) is 0 Å². The molecule has 0 aromatic rings. The molecular formula is C13H25FN2. The molecule has 0 radical (unpaired) electrons. The van der Waals surface area contributed by atoms with Crippen LogP contribution in [0.1, 0.15) is 46.0 Å². The Labute approximate surface area is 98.6 Å². The number of nitrogens with zero attached hydrogens (tertiary/aromatic N) is 1. The minimum absolute atomic E-state index is 0.153. The van der Waals surface area contributed by atoms with Gasteiger partial charge in [0.05, 0.1) is 0 Å². The Morgan fingerprint density at radius 1 is 1.31 bits per heavy atom. The van der Waals surface area contributed by atoms with Crippen molar-refractivity contribution in [1.29, 1.82) is 0 Å². The van der Waals surface area contributed by atoms with Crippen LogP contribution in [0.3, 0.4) is 0 Å². The van der Waals surface area contributed by atoms with Crippen LogP contribution in [0, 0.1) is 0 Å². The van der Waals surface area contributed by atoms with Crippen molar-refractivity contribution in [2.45, 2.75) is 57.0 Å². The third-order valence-electron chi connectivity index (χ3n) is 4.78. The lowest BCUT2D eigenvalue weighted by Gasteiger charge is -2.52. The van der Waals surface area contributed by atoms with Gasteiger partial charge in [-0.25, -0.2) is 4.39 Å². The lowest BCUT2D eigenvalue weighted by molar-refractivity contribution is 0.0106. The van der Waals surface area contributed by atoms with E-state index in [-0.39, 0.29) is 12.2 Å². The molecule has 16 heavy (non-hydrogen) atoms. The standard InChI is InChI=1S/C13H25FN2/c1-3-12(2)10-15-13(6-4-5-7-13)11-16(12)9-8-14/h15H,3-11H2,1-2H3. The van der Waals surface area contributed by atoms with Crippen LogP contribution in [0.15, 0.2) is 0 Å². The van der Waals surface area contributed by atoms with Crippen LogP contribution in [0.2, 0.25) is 0 Å². The first-order chi connectivity index (χ1) is 7.64. The van der Waals surface area contributed by atoms with Gasteiger partial charge < -0.3 is 5.32 Å². The Morgan fingerprint density at radius 2 is 2.00 bits per heavy atom. The number of piperazine rings is 1.